The van der Waals surface area contributed by atoms with Crippen molar-refractivity contribution in [1.82, 2.24) is 0 Å². The molecule has 0 N–H and O–H groups in total. The van der Waals surface area contributed by atoms with Gasteiger partial charge in [-0.3, -0.25) is 0 Å². The molecule has 1 aromatic carbocycles. The number of alkyl halides is 1. The Morgan fingerprint density at radius 3 is 2.89 bits per heavy atom. The van der Waals surface area contributed by atoms with E-state index in [0.717, 1.165) is 19.3 Å². The number of hydrogen-bond donors (Lipinski definition) is 0. The molecule has 1 aromatic rings. The van der Waals surface area contributed by atoms with Gasteiger partial charge < -0.3 is 4.74 Å². The van der Waals surface area contributed by atoms with Gasteiger partial charge in [0.25, 0.3) is 0 Å². The monoisotopic (exact) mass is 268 g/mol. The average Bonchev–Trinajstić information content (AvgIpc) is 2.37. The van der Waals surface area contributed by atoms with E-state index in [2.05, 4.69) is 18.8 Å². The SMILES string of the molecule is CCCCCOc1ccc(F)cc1C#CCCCl. The smallest absolute Gasteiger partial charge is 0.135 e. The molecule has 1 nitrogen and oxygen atoms in total. The number of rotatable bonds is 6. The third-order valence-electron chi connectivity index (χ3n) is 2.39. The fourth-order valence-electron chi connectivity index (χ4n) is 1.46. The Balaban J connectivity index is 2.68. The first-order valence-electron chi connectivity index (χ1n) is 6.25. The van der Waals surface area contributed by atoms with Crippen LogP contribution in [0.2, 0.25) is 0 Å². The van der Waals surface area contributed by atoms with Crippen LogP contribution in [0.15, 0.2) is 18.2 Å². The van der Waals surface area contributed by atoms with E-state index in [9.17, 15) is 4.39 Å². The first-order chi connectivity index (χ1) is 8.77. The van der Waals surface area contributed by atoms with Gasteiger partial charge in [-0.2, -0.15) is 0 Å². The lowest BCUT2D eigenvalue weighted by molar-refractivity contribution is 0.305. The van der Waals surface area contributed by atoms with E-state index >= 15 is 0 Å². The predicted molar refractivity (Wildman–Crippen MR) is 73.6 cm³/mol. The maximum atomic E-state index is 13.1. The summed E-state index contributed by atoms with van der Waals surface area (Å²) in [5.41, 5.74) is 0.594. The van der Waals surface area contributed by atoms with Crippen LogP contribution in [-0.2, 0) is 0 Å². The van der Waals surface area contributed by atoms with E-state index < -0.39 is 0 Å². The Morgan fingerprint density at radius 2 is 2.17 bits per heavy atom. The largest absolute Gasteiger partial charge is 0.492 e. The normalized spacial score (nSPS) is 9.72. The summed E-state index contributed by atoms with van der Waals surface area (Å²) in [5, 5.41) is 0. The van der Waals surface area contributed by atoms with Crippen LogP contribution in [0.25, 0.3) is 0 Å². The van der Waals surface area contributed by atoms with E-state index in [1.54, 1.807) is 6.07 Å². The number of benzene rings is 1. The molecule has 0 bridgehead atoms. The van der Waals surface area contributed by atoms with Crippen LogP contribution in [0.1, 0.15) is 38.2 Å². The Kier molecular flexibility index (Phi) is 7.29. The zero-order valence-corrected chi connectivity index (χ0v) is 11.4. The van der Waals surface area contributed by atoms with Crippen molar-refractivity contribution in [2.24, 2.45) is 0 Å². The topological polar surface area (TPSA) is 9.23 Å². The maximum Gasteiger partial charge on any atom is 0.135 e. The molecule has 0 radical (unpaired) electrons. The van der Waals surface area contributed by atoms with Gasteiger partial charge in [-0.05, 0) is 24.6 Å². The number of hydrogen-bond acceptors (Lipinski definition) is 1. The second kappa shape index (κ2) is 8.83. The minimum Gasteiger partial charge on any atom is -0.492 e. The lowest BCUT2D eigenvalue weighted by atomic mass is 10.2. The van der Waals surface area contributed by atoms with Crippen molar-refractivity contribution in [3.63, 3.8) is 0 Å². The summed E-state index contributed by atoms with van der Waals surface area (Å²) in [7, 11) is 0. The maximum absolute atomic E-state index is 13.1. The predicted octanol–water partition coefficient (Wildman–Crippen LogP) is 4.38. The molecule has 0 atom stereocenters. The van der Waals surface area contributed by atoms with Crippen molar-refractivity contribution < 1.29 is 9.13 Å². The van der Waals surface area contributed by atoms with Crippen molar-refractivity contribution in [3.8, 4) is 17.6 Å². The van der Waals surface area contributed by atoms with Crippen LogP contribution in [0.3, 0.4) is 0 Å². The van der Waals surface area contributed by atoms with Gasteiger partial charge in [0.05, 0.1) is 12.2 Å². The lowest BCUT2D eigenvalue weighted by Gasteiger charge is -2.07. The van der Waals surface area contributed by atoms with E-state index in [1.165, 1.54) is 12.1 Å². The standard InChI is InChI=1S/C15H18ClFO/c1-2-3-6-11-18-15-9-8-14(17)12-13(15)7-4-5-10-16/h8-9,12H,2-3,5-6,10-11H2,1H3. The fourth-order valence-corrected chi connectivity index (χ4v) is 1.56. The molecule has 0 spiro atoms. The van der Waals surface area contributed by atoms with Crippen LogP contribution in [-0.4, -0.2) is 12.5 Å². The summed E-state index contributed by atoms with van der Waals surface area (Å²) in [6, 6.07) is 4.42. The molecule has 0 fully saturated rings. The summed E-state index contributed by atoms with van der Waals surface area (Å²) in [4.78, 5) is 0. The molecule has 0 heterocycles. The highest BCUT2D eigenvalue weighted by Gasteiger charge is 2.03. The van der Waals surface area contributed by atoms with Gasteiger partial charge in [-0.1, -0.05) is 31.6 Å². The van der Waals surface area contributed by atoms with Crippen LogP contribution >= 0.6 is 11.6 Å². The third kappa shape index (κ3) is 5.42. The summed E-state index contributed by atoms with van der Waals surface area (Å²) < 4.78 is 18.8. The number of unbranched alkanes of at least 4 members (excludes halogenated alkanes) is 2. The zero-order valence-electron chi connectivity index (χ0n) is 10.6. The van der Waals surface area contributed by atoms with Crippen molar-refractivity contribution in [2.45, 2.75) is 32.6 Å². The summed E-state index contributed by atoms with van der Waals surface area (Å²) in [6.45, 7) is 2.78. The van der Waals surface area contributed by atoms with Gasteiger partial charge >= 0.3 is 0 Å². The fraction of sp³-hybridized carbons (Fsp3) is 0.467. The van der Waals surface area contributed by atoms with Crippen LogP contribution in [0.4, 0.5) is 4.39 Å². The molecule has 1 rings (SSSR count). The second-order valence-corrected chi connectivity index (χ2v) is 4.31. The van der Waals surface area contributed by atoms with Crippen molar-refractivity contribution in [2.75, 3.05) is 12.5 Å². The first kappa shape index (κ1) is 14.9. The Morgan fingerprint density at radius 1 is 1.33 bits per heavy atom. The molecule has 0 unspecified atom stereocenters. The molecular formula is C15H18ClFO. The quantitative estimate of drug-likeness (QED) is 0.423. The van der Waals surface area contributed by atoms with E-state index in [4.69, 9.17) is 16.3 Å². The van der Waals surface area contributed by atoms with Gasteiger partial charge in [-0.15, -0.1) is 11.6 Å². The lowest BCUT2D eigenvalue weighted by Crippen LogP contribution is -1.99. The van der Waals surface area contributed by atoms with Gasteiger partial charge in [0.1, 0.15) is 11.6 Å². The first-order valence-corrected chi connectivity index (χ1v) is 6.78. The third-order valence-corrected chi connectivity index (χ3v) is 2.58. The molecule has 98 valence electrons. The van der Waals surface area contributed by atoms with Crippen molar-refractivity contribution >= 4 is 11.6 Å². The van der Waals surface area contributed by atoms with Crippen LogP contribution in [0, 0.1) is 17.7 Å². The minimum atomic E-state index is -0.300. The van der Waals surface area contributed by atoms with Gasteiger partial charge in [-0.25, -0.2) is 4.39 Å². The molecule has 18 heavy (non-hydrogen) atoms. The second-order valence-electron chi connectivity index (χ2n) is 3.94. The molecule has 0 aliphatic rings. The molecule has 3 heteroatoms. The van der Waals surface area contributed by atoms with Crippen LogP contribution < -0.4 is 4.74 Å². The summed E-state index contributed by atoms with van der Waals surface area (Å²) in [5.74, 6) is 6.62. The average molecular weight is 269 g/mol. The van der Waals surface area contributed by atoms with Gasteiger partial charge in [0.2, 0.25) is 0 Å². The Hall–Kier alpha value is -1.20. The summed E-state index contributed by atoms with van der Waals surface area (Å²) >= 11 is 5.55. The summed E-state index contributed by atoms with van der Waals surface area (Å²) in [6.07, 6.45) is 3.87. The molecule has 0 saturated carbocycles. The Bertz CT molecular complexity index is 420. The van der Waals surface area contributed by atoms with Crippen LogP contribution in [0.5, 0.6) is 5.75 Å². The number of ether oxygens (including phenoxy) is 1. The molecule has 0 amide bonds. The highest BCUT2D eigenvalue weighted by molar-refractivity contribution is 6.18. The molecule has 0 aromatic heterocycles. The molecular weight excluding hydrogens is 251 g/mol. The van der Waals surface area contributed by atoms with Gasteiger partial charge in [0, 0.05) is 12.3 Å². The molecule has 0 aliphatic heterocycles. The number of halogens is 2. The van der Waals surface area contributed by atoms with E-state index in [-0.39, 0.29) is 5.82 Å². The molecule has 0 aliphatic carbocycles. The van der Waals surface area contributed by atoms with Crippen molar-refractivity contribution in [1.29, 1.82) is 0 Å². The highest BCUT2D eigenvalue weighted by atomic mass is 35.5. The minimum absolute atomic E-state index is 0.300. The van der Waals surface area contributed by atoms with E-state index in [1.807, 2.05) is 0 Å². The Labute approximate surface area is 113 Å². The highest BCUT2D eigenvalue weighted by Crippen LogP contribution is 2.19. The zero-order chi connectivity index (χ0) is 13.2. The van der Waals surface area contributed by atoms with Gasteiger partial charge in [0.15, 0.2) is 0 Å². The van der Waals surface area contributed by atoms with E-state index in [0.29, 0.717) is 30.2 Å². The molecule has 0 saturated heterocycles. The van der Waals surface area contributed by atoms with Crippen molar-refractivity contribution in [3.05, 3.63) is 29.6 Å².